The van der Waals surface area contributed by atoms with Crippen LogP contribution >= 0.6 is 0 Å². The third-order valence-electron chi connectivity index (χ3n) is 15.1. The molecule has 2 aliphatic rings. The second kappa shape index (κ2) is 50.0. The van der Waals surface area contributed by atoms with Gasteiger partial charge in [0.15, 0.2) is 12.6 Å². The lowest BCUT2D eigenvalue weighted by Gasteiger charge is -2.46. The van der Waals surface area contributed by atoms with Gasteiger partial charge in [0.25, 0.3) is 0 Å². The summed E-state index contributed by atoms with van der Waals surface area (Å²) in [5.74, 6) is -0.255. The van der Waals surface area contributed by atoms with Gasteiger partial charge in [0.2, 0.25) is 5.91 Å². The lowest BCUT2D eigenvalue weighted by molar-refractivity contribution is -0.359. The van der Waals surface area contributed by atoms with Gasteiger partial charge in [-0.05, 0) is 83.5 Å². The molecule has 9 N–H and O–H groups in total. The average Bonchev–Trinajstić information content (AvgIpc) is 3.48. The SMILES string of the molecule is CCCCCC/C=C/CC/C=C/CC/C=C/C(O)C(COC1OC(CO)C(OC2OC(CO)C(O)C(O)C2O)C(O)C1O)NC(=O)CCCCCCCCCCCCCCCCCC/C=C\C/C=C\C/C=C\CCCCCCC. The number of hydrogen-bond acceptors (Lipinski definition) is 13. The van der Waals surface area contributed by atoms with Gasteiger partial charge >= 0.3 is 0 Å². The second-order valence-corrected chi connectivity index (χ2v) is 22.2. The molecule has 0 aromatic rings. The number of amides is 1. The Morgan fingerprint density at radius 1 is 0.456 bits per heavy atom. The summed E-state index contributed by atoms with van der Waals surface area (Å²) in [6.07, 6.45) is 49.6. The normalized spacial score (nSPS) is 24.9. The first-order chi connectivity index (χ1) is 38.6. The van der Waals surface area contributed by atoms with Gasteiger partial charge in [-0.3, -0.25) is 4.79 Å². The third-order valence-corrected chi connectivity index (χ3v) is 15.1. The number of aliphatic hydroxyl groups excluding tert-OH is 8. The third kappa shape index (κ3) is 35.2. The molecule has 0 bridgehead atoms. The Bertz CT molecular complexity index is 1600. The fourth-order valence-electron chi connectivity index (χ4n) is 9.98. The maximum absolute atomic E-state index is 13.3. The highest BCUT2D eigenvalue weighted by Crippen LogP contribution is 2.30. The molecule has 458 valence electrons. The lowest BCUT2D eigenvalue weighted by Crippen LogP contribution is -2.65. The molecule has 2 aliphatic heterocycles. The number of rotatable bonds is 50. The summed E-state index contributed by atoms with van der Waals surface area (Å²) in [7, 11) is 0. The van der Waals surface area contributed by atoms with Gasteiger partial charge in [-0.2, -0.15) is 0 Å². The van der Waals surface area contributed by atoms with E-state index >= 15 is 0 Å². The zero-order valence-electron chi connectivity index (χ0n) is 49.3. The van der Waals surface area contributed by atoms with E-state index in [1.165, 1.54) is 148 Å². The molecule has 2 fully saturated rings. The van der Waals surface area contributed by atoms with Crippen molar-refractivity contribution in [2.75, 3.05) is 19.8 Å². The highest BCUT2D eigenvalue weighted by atomic mass is 16.7. The first kappa shape index (κ1) is 72.5. The number of nitrogens with one attached hydrogen (secondary N) is 1. The van der Waals surface area contributed by atoms with E-state index < -0.39 is 86.8 Å². The number of unbranched alkanes of at least 4 members (excludes halogenated alkanes) is 27. The van der Waals surface area contributed by atoms with Gasteiger partial charge < -0.3 is 65.1 Å². The van der Waals surface area contributed by atoms with E-state index in [0.717, 1.165) is 57.8 Å². The van der Waals surface area contributed by atoms with Crippen molar-refractivity contribution in [2.45, 2.75) is 312 Å². The van der Waals surface area contributed by atoms with Crippen molar-refractivity contribution in [3.8, 4) is 0 Å². The summed E-state index contributed by atoms with van der Waals surface area (Å²) >= 11 is 0. The van der Waals surface area contributed by atoms with Gasteiger partial charge in [-0.1, -0.05) is 222 Å². The lowest BCUT2D eigenvalue weighted by atomic mass is 9.97. The topological polar surface area (TPSA) is 228 Å². The smallest absolute Gasteiger partial charge is 0.220 e. The average molecular weight is 1120 g/mol. The summed E-state index contributed by atoms with van der Waals surface area (Å²) in [6.45, 7) is 2.74. The standard InChI is InChI=1S/C65H115NO13/c1-3-5-7-9-11-13-15-17-19-20-21-22-23-24-25-26-27-28-29-30-31-32-33-34-35-37-39-41-43-45-47-49-57(70)66-53(54(69)48-46-44-42-40-38-36-18-16-14-12-10-8-6-4-2)52-76-64-62(75)60(73)63(56(51-68)78-64)79-65-61(74)59(72)58(71)55(50-67)77-65/h14-17,20-21,23-24,38,40,46,48,53-56,58-65,67-69,71-75H,3-13,18-19,22,25-37,39,41-45,47,49-52H2,1-2H3,(H,66,70)/b16-14+,17-15-,21-20-,24-23-,40-38+,48-46+. The first-order valence-electron chi connectivity index (χ1n) is 31.7. The number of ether oxygens (including phenoxy) is 4. The monoisotopic (exact) mass is 1120 g/mol. The van der Waals surface area contributed by atoms with Gasteiger partial charge in [0.1, 0.15) is 48.8 Å². The van der Waals surface area contributed by atoms with Crippen molar-refractivity contribution in [3.63, 3.8) is 0 Å². The molecule has 12 atom stereocenters. The maximum Gasteiger partial charge on any atom is 0.220 e. The maximum atomic E-state index is 13.3. The van der Waals surface area contributed by atoms with Gasteiger partial charge in [0.05, 0.1) is 32.0 Å². The summed E-state index contributed by atoms with van der Waals surface area (Å²) in [4.78, 5) is 13.3. The molecule has 14 heteroatoms. The van der Waals surface area contributed by atoms with Gasteiger partial charge in [-0.15, -0.1) is 0 Å². The van der Waals surface area contributed by atoms with E-state index in [2.05, 4.69) is 79.9 Å². The number of hydrogen-bond donors (Lipinski definition) is 9. The number of carbonyl (C=O) groups is 1. The molecule has 2 rings (SSSR count). The van der Waals surface area contributed by atoms with E-state index in [1.54, 1.807) is 6.08 Å². The minimum atomic E-state index is -1.79. The van der Waals surface area contributed by atoms with Crippen molar-refractivity contribution in [1.29, 1.82) is 0 Å². The Morgan fingerprint density at radius 2 is 0.848 bits per heavy atom. The Hall–Kier alpha value is -2.57. The van der Waals surface area contributed by atoms with Crippen LogP contribution < -0.4 is 5.32 Å². The van der Waals surface area contributed by atoms with Crippen LogP contribution in [0.15, 0.2) is 72.9 Å². The predicted octanol–water partition coefficient (Wildman–Crippen LogP) is 11.5. The van der Waals surface area contributed by atoms with Crippen molar-refractivity contribution in [1.82, 2.24) is 5.32 Å². The van der Waals surface area contributed by atoms with Crippen LogP contribution in [0.25, 0.3) is 0 Å². The quantitative estimate of drug-likeness (QED) is 0.0204. The van der Waals surface area contributed by atoms with Crippen LogP contribution in [0.1, 0.15) is 239 Å². The Labute approximate surface area is 478 Å². The number of aliphatic hydroxyl groups is 8. The summed E-state index contributed by atoms with van der Waals surface area (Å²) in [5.41, 5.74) is 0. The molecule has 12 unspecified atom stereocenters. The fraction of sp³-hybridized carbons (Fsp3) is 0.800. The molecule has 0 saturated carbocycles. The molecule has 0 spiro atoms. The molecule has 14 nitrogen and oxygen atoms in total. The highest BCUT2D eigenvalue weighted by molar-refractivity contribution is 5.76. The number of allylic oxidation sites excluding steroid dienone is 11. The first-order valence-corrected chi connectivity index (χ1v) is 31.7. The fourth-order valence-corrected chi connectivity index (χ4v) is 9.98. The van der Waals surface area contributed by atoms with E-state index in [4.69, 9.17) is 18.9 Å². The zero-order valence-corrected chi connectivity index (χ0v) is 49.3. The molecule has 0 aliphatic carbocycles. The van der Waals surface area contributed by atoms with Crippen LogP contribution in [-0.4, -0.2) is 140 Å². The summed E-state index contributed by atoms with van der Waals surface area (Å²) in [6, 6.07) is -0.940. The molecule has 79 heavy (non-hydrogen) atoms. The Morgan fingerprint density at radius 3 is 1.34 bits per heavy atom. The van der Waals surface area contributed by atoms with Crippen LogP contribution in [0.5, 0.6) is 0 Å². The Kier molecular flexibility index (Phi) is 45.9. The molecule has 2 saturated heterocycles. The van der Waals surface area contributed by atoms with Crippen molar-refractivity contribution in [3.05, 3.63) is 72.9 Å². The van der Waals surface area contributed by atoms with Crippen molar-refractivity contribution < 1.29 is 64.6 Å². The molecule has 0 aromatic heterocycles. The molecular formula is C65H115NO13. The summed E-state index contributed by atoms with van der Waals surface area (Å²) in [5, 5.41) is 87.0. The van der Waals surface area contributed by atoms with Crippen LogP contribution in [0.2, 0.25) is 0 Å². The van der Waals surface area contributed by atoms with Crippen LogP contribution in [0, 0.1) is 0 Å². The second-order valence-electron chi connectivity index (χ2n) is 22.2. The zero-order chi connectivity index (χ0) is 57.4. The predicted molar refractivity (Wildman–Crippen MR) is 318 cm³/mol. The van der Waals surface area contributed by atoms with Crippen LogP contribution in [0.4, 0.5) is 0 Å². The van der Waals surface area contributed by atoms with Crippen LogP contribution in [-0.2, 0) is 23.7 Å². The largest absolute Gasteiger partial charge is 0.394 e. The Balaban J connectivity index is 1.67. The van der Waals surface area contributed by atoms with E-state index in [0.29, 0.717) is 12.8 Å². The van der Waals surface area contributed by atoms with E-state index in [-0.39, 0.29) is 18.9 Å². The molecular weight excluding hydrogens is 1000 g/mol. The van der Waals surface area contributed by atoms with Crippen LogP contribution in [0.3, 0.4) is 0 Å². The molecule has 2 heterocycles. The molecule has 0 radical (unpaired) electrons. The number of carbonyl (C=O) groups excluding carboxylic acids is 1. The highest BCUT2D eigenvalue weighted by Gasteiger charge is 2.51. The van der Waals surface area contributed by atoms with Gasteiger partial charge in [0, 0.05) is 6.42 Å². The van der Waals surface area contributed by atoms with E-state index in [9.17, 15) is 45.6 Å². The van der Waals surface area contributed by atoms with Gasteiger partial charge in [-0.25, -0.2) is 0 Å². The molecule has 1 amide bonds. The van der Waals surface area contributed by atoms with Crippen molar-refractivity contribution >= 4 is 5.91 Å². The molecule has 0 aromatic carbocycles. The minimum absolute atomic E-state index is 0.255. The summed E-state index contributed by atoms with van der Waals surface area (Å²) < 4.78 is 22.7. The van der Waals surface area contributed by atoms with E-state index in [1.807, 2.05) is 6.08 Å². The minimum Gasteiger partial charge on any atom is -0.394 e. The van der Waals surface area contributed by atoms with Crippen molar-refractivity contribution in [2.24, 2.45) is 0 Å².